The van der Waals surface area contributed by atoms with Crippen molar-refractivity contribution < 1.29 is 18.0 Å². The number of amides is 1. The van der Waals surface area contributed by atoms with Gasteiger partial charge in [-0.25, -0.2) is 0 Å². The molecule has 0 bridgehead atoms. The Balaban J connectivity index is 1.41. The van der Waals surface area contributed by atoms with Crippen molar-refractivity contribution in [2.45, 2.75) is 51.4 Å². The molecule has 0 spiro atoms. The summed E-state index contributed by atoms with van der Waals surface area (Å²) in [5.74, 6) is 0.0119. The summed E-state index contributed by atoms with van der Waals surface area (Å²) in [6.45, 7) is 2.27. The van der Waals surface area contributed by atoms with E-state index in [1.54, 1.807) is 28.9 Å². The molecule has 0 unspecified atom stereocenters. The molecule has 1 amide bonds. The lowest BCUT2D eigenvalue weighted by atomic mass is 10.2. The summed E-state index contributed by atoms with van der Waals surface area (Å²) in [6.07, 6.45) is -2.99. The number of aromatic nitrogens is 4. The summed E-state index contributed by atoms with van der Waals surface area (Å²) >= 11 is 15.2. The Kier molecular flexibility index (Phi) is 6.80. The van der Waals surface area contributed by atoms with E-state index in [4.69, 9.17) is 23.2 Å². The van der Waals surface area contributed by atoms with Gasteiger partial charge in [0.05, 0.1) is 23.3 Å². The van der Waals surface area contributed by atoms with Crippen LogP contribution in [0.2, 0.25) is 10.0 Å². The number of alkyl halides is 3. The quantitative estimate of drug-likeness (QED) is 0.359. The topological polar surface area (TPSA) is 64.7 Å². The molecule has 176 valence electrons. The molecule has 2 heterocycles. The SMILES string of the molecule is Cc1cc(NC(=O)CCn2nc(C(F)(F)F)c(Br)c2C2CC2)nn1Cc1ccc(Cl)cc1Cl. The first-order chi connectivity index (χ1) is 15.5. The number of hydrogen-bond donors (Lipinski definition) is 1. The molecule has 0 aliphatic heterocycles. The molecule has 0 saturated heterocycles. The highest BCUT2D eigenvalue weighted by Gasteiger charge is 2.41. The molecule has 1 fully saturated rings. The van der Waals surface area contributed by atoms with Crippen molar-refractivity contribution in [2.75, 3.05) is 5.32 Å². The number of nitrogens with one attached hydrogen (secondary N) is 1. The van der Waals surface area contributed by atoms with Crippen LogP contribution in [0.1, 0.15) is 47.8 Å². The molecule has 1 N–H and O–H groups in total. The third-order valence-corrected chi connectivity index (χ3v) is 6.67. The Morgan fingerprint density at radius 1 is 1.21 bits per heavy atom. The monoisotopic (exact) mass is 563 g/mol. The Labute approximate surface area is 206 Å². The molecule has 0 radical (unpaired) electrons. The van der Waals surface area contributed by atoms with Gasteiger partial charge < -0.3 is 5.32 Å². The van der Waals surface area contributed by atoms with Gasteiger partial charge in [0.2, 0.25) is 5.91 Å². The van der Waals surface area contributed by atoms with Gasteiger partial charge in [-0.1, -0.05) is 29.3 Å². The van der Waals surface area contributed by atoms with Gasteiger partial charge in [-0.05, 0) is 53.4 Å². The molecular formula is C21H19BrCl2F3N5O. The molecule has 1 aliphatic carbocycles. The molecule has 0 atom stereocenters. The van der Waals surface area contributed by atoms with Crippen LogP contribution >= 0.6 is 39.1 Å². The molecule has 4 rings (SSSR count). The third kappa shape index (κ3) is 5.55. The molecular weight excluding hydrogens is 546 g/mol. The van der Waals surface area contributed by atoms with Crippen LogP contribution in [0.4, 0.5) is 19.0 Å². The molecule has 1 aliphatic rings. The number of benzene rings is 1. The van der Waals surface area contributed by atoms with Crippen LogP contribution < -0.4 is 5.32 Å². The minimum Gasteiger partial charge on any atom is -0.309 e. The Morgan fingerprint density at radius 3 is 2.58 bits per heavy atom. The van der Waals surface area contributed by atoms with Crippen LogP contribution in [0.15, 0.2) is 28.7 Å². The fourth-order valence-corrected chi connectivity index (χ4v) is 4.81. The van der Waals surface area contributed by atoms with E-state index in [9.17, 15) is 18.0 Å². The van der Waals surface area contributed by atoms with Gasteiger partial charge in [0.25, 0.3) is 0 Å². The minimum absolute atomic E-state index is 0.0316. The zero-order chi connectivity index (χ0) is 23.9. The van der Waals surface area contributed by atoms with Gasteiger partial charge >= 0.3 is 6.18 Å². The highest BCUT2D eigenvalue weighted by molar-refractivity contribution is 9.10. The molecule has 1 aromatic carbocycles. The third-order valence-electron chi connectivity index (χ3n) is 5.30. The average molecular weight is 565 g/mol. The molecule has 6 nitrogen and oxygen atoms in total. The second-order valence-corrected chi connectivity index (χ2v) is 9.54. The van der Waals surface area contributed by atoms with Crippen molar-refractivity contribution in [3.05, 3.63) is 61.4 Å². The van der Waals surface area contributed by atoms with E-state index in [2.05, 4.69) is 31.4 Å². The number of nitrogens with zero attached hydrogens (tertiary/aromatic N) is 4. The van der Waals surface area contributed by atoms with Gasteiger partial charge in [-0.3, -0.25) is 14.2 Å². The first kappa shape index (κ1) is 24.1. The second kappa shape index (κ2) is 9.31. The largest absolute Gasteiger partial charge is 0.436 e. The summed E-state index contributed by atoms with van der Waals surface area (Å²) in [6, 6.07) is 6.90. The van der Waals surface area contributed by atoms with Gasteiger partial charge in [-0.2, -0.15) is 23.4 Å². The fraction of sp³-hybridized carbons (Fsp3) is 0.381. The normalized spacial score (nSPS) is 14.0. The predicted octanol–water partition coefficient (Wildman–Crippen LogP) is 6.43. The number of aryl methyl sites for hydroxylation is 2. The number of halogens is 6. The molecule has 3 aromatic rings. The number of hydrogen-bond acceptors (Lipinski definition) is 3. The smallest absolute Gasteiger partial charge is 0.309 e. The van der Waals surface area contributed by atoms with E-state index in [0.717, 1.165) is 24.1 Å². The number of carbonyl (C=O) groups excluding carboxylic acids is 1. The lowest BCUT2D eigenvalue weighted by Gasteiger charge is -2.08. The second-order valence-electron chi connectivity index (χ2n) is 7.91. The van der Waals surface area contributed by atoms with Crippen molar-refractivity contribution in [3.63, 3.8) is 0 Å². The van der Waals surface area contributed by atoms with Crippen LogP contribution in [0.25, 0.3) is 0 Å². The fourth-order valence-electron chi connectivity index (χ4n) is 3.51. The highest BCUT2D eigenvalue weighted by Crippen LogP contribution is 2.47. The summed E-state index contributed by atoms with van der Waals surface area (Å²) in [4.78, 5) is 12.5. The molecule has 2 aromatic heterocycles. The van der Waals surface area contributed by atoms with Gasteiger partial charge in [0.1, 0.15) is 0 Å². The first-order valence-electron chi connectivity index (χ1n) is 10.1. The Hall–Kier alpha value is -2.04. The van der Waals surface area contributed by atoms with Crippen molar-refractivity contribution in [3.8, 4) is 0 Å². The van der Waals surface area contributed by atoms with Crippen molar-refractivity contribution >= 4 is 50.9 Å². The van der Waals surface area contributed by atoms with E-state index in [1.165, 1.54) is 4.68 Å². The summed E-state index contributed by atoms with van der Waals surface area (Å²) in [5.41, 5.74) is 1.16. The first-order valence-corrected chi connectivity index (χ1v) is 11.7. The summed E-state index contributed by atoms with van der Waals surface area (Å²) in [7, 11) is 0. The zero-order valence-corrected chi connectivity index (χ0v) is 20.5. The van der Waals surface area contributed by atoms with Crippen molar-refractivity contribution in [1.82, 2.24) is 19.6 Å². The molecule has 1 saturated carbocycles. The maximum atomic E-state index is 13.2. The Morgan fingerprint density at radius 2 is 1.94 bits per heavy atom. The summed E-state index contributed by atoms with van der Waals surface area (Å²) < 4.78 is 42.7. The lowest BCUT2D eigenvalue weighted by molar-refractivity contribution is -0.142. The van der Waals surface area contributed by atoms with Crippen LogP contribution in [0.5, 0.6) is 0 Å². The summed E-state index contributed by atoms with van der Waals surface area (Å²) in [5, 5.41) is 11.9. The molecule has 12 heteroatoms. The molecule has 33 heavy (non-hydrogen) atoms. The van der Waals surface area contributed by atoms with E-state index in [0.29, 0.717) is 28.1 Å². The zero-order valence-electron chi connectivity index (χ0n) is 17.4. The van der Waals surface area contributed by atoms with E-state index in [-0.39, 0.29) is 29.3 Å². The van der Waals surface area contributed by atoms with Gasteiger partial charge in [0, 0.05) is 34.1 Å². The maximum absolute atomic E-state index is 13.2. The van der Waals surface area contributed by atoms with Gasteiger partial charge in [0.15, 0.2) is 11.5 Å². The van der Waals surface area contributed by atoms with Crippen LogP contribution in [-0.2, 0) is 24.1 Å². The number of carbonyl (C=O) groups is 1. The standard InChI is InChI=1S/C21H19BrCl2F3N5O/c1-11-8-16(29-32(11)10-13-4-5-14(23)9-15(13)24)28-17(33)6-7-31-19(12-2-3-12)18(22)20(30-31)21(25,26)27/h4-5,8-9,12H,2-3,6-7,10H2,1H3,(H,28,29,33). The van der Waals surface area contributed by atoms with Gasteiger partial charge in [-0.15, -0.1) is 0 Å². The number of anilines is 1. The van der Waals surface area contributed by atoms with Crippen LogP contribution in [0, 0.1) is 6.92 Å². The number of rotatable bonds is 7. The van der Waals surface area contributed by atoms with Crippen molar-refractivity contribution in [2.24, 2.45) is 0 Å². The van der Waals surface area contributed by atoms with E-state index in [1.807, 2.05) is 6.92 Å². The minimum atomic E-state index is -4.56. The average Bonchev–Trinajstić information content (AvgIpc) is 3.40. The maximum Gasteiger partial charge on any atom is 0.436 e. The lowest BCUT2D eigenvalue weighted by Crippen LogP contribution is -2.17. The van der Waals surface area contributed by atoms with Crippen LogP contribution in [-0.4, -0.2) is 25.5 Å². The van der Waals surface area contributed by atoms with E-state index >= 15 is 0 Å². The van der Waals surface area contributed by atoms with Crippen LogP contribution in [0.3, 0.4) is 0 Å². The highest BCUT2D eigenvalue weighted by atomic mass is 79.9. The predicted molar refractivity (Wildman–Crippen MR) is 123 cm³/mol. The van der Waals surface area contributed by atoms with Crippen molar-refractivity contribution in [1.29, 1.82) is 0 Å². The van der Waals surface area contributed by atoms with E-state index < -0.39 is 11.9 Å². The Bertz CT molecular complexity index is 1200.